The number of anilines is 1. The normalized spacial score (nSPS) is 17.7. The van der Waals surface area contributed by atoms with Gasteiger partial charge in [-0.25, -0.2) is 4.98 Å². The molecule has 28 heavy (non-hydrogen) atoms. The van der Waals surface area contributed by atoms with Crippen LogP contribution in [-0.4, -0.2) is 29.8 Å². The fourth-order valence-corrected chi connectivity index (χ4v) is 4.05. The molecular weight excluding hydrogens is 352 g/mol. The molecular formula is C22H26N4O2. The van der Waals surface area contributed by atoms with E-state index in [1.807, 2.05) is 12.1 Å². The topological polar surface area (TPSA) is 104 Å². The summed E-state index contributed by atoms with van der Waals surface area (Å²) in [6.45, 7) is 2.47. The van der Waals surface area contributed by atoms with Gasteiger partial charge in [0, 0.05) is 0 Å². The van der Waals surface area contributed by atoms with Crippen LogP contribution in [0.4, 0.5) is 5.82 Å². The van der Waals surface area contributed by atoms with Crippen molar-refractivity contribution in [3.63, 3.8) is 0 Å². The Labute approximate surface area is 165 Å². The minimum Gasteiger partial charge on any atom is -0.507 e. The maximum atomic E-state index is 10.6. The largest absolute Gasteiger partial charge is 0.507 e. The molecule has 1 aliphatic heterocycles. The molecule has 1 aliphatic carbocycles. The van der Waals surface area contributed by atoms with Crippen molar-refractivity contribution in [1.29, 1.82) is 5.26 Å². The van der Waals surface area contributed by atoms with E-state index in [0.717, 1.165) is 31.5 Å². The second kappa shape index (κ2) is 8.07. The third kappa shape index (κ3) is 3.63. The van der Waals surface area contributed by atoms with Gasteiger partial charge in [0.05, 0.1) is 23.4 Å². The number of nitrogens with two attached hydrogens (primary N) is 1. The summed E-state index contributed by atoms with van der Waals surface area (Å²) >= 11 is 0. The van der Waals surface area contributed by atoms with Crippen LogP contribution >= 0.6 is 0 Å². The Hall–Kier alpha value is -2.78. The van der Waals surface area contributed by atoms with Crippen LogP contribution in [0.3, 0.4) is 0 Å². The maximum Gasteiger partial charge on any atom is 0.142 e. The minimum absolute atomic E-state index is 0.110. The number of pyridine rings is 1. The van der Waals surface area contributed by atoms with Crippen LogP contribution in [-0.2, 0) is 0 Å². The summed E-state index contributed by atoms with van der Waals surface area (Å²) in [6.07, 6.45) is 5.53. The molecule has 0 atom stereocenters. The first-order valence-electron chi connectivity index (χ1n) is 10.0. The zero-order valence-corrected chi connectivity index (χ0v) is 15.9. The number of ether oxygens (including phenoxy) is 1. The number of benzene rings is 1. The summed E-state index contributed by atoms with van der Waals surface area (Å²) in [5, 5.41) is 23.5. The van der Waals surface area contributed by atoms with Crippen LogP contribution in [0.5, 0.6) is 11.5 Å². The molecule has 2 aliphatic rings. The van der Waals surface area contributed by atoms with Crippen molar-refractivity contribution >= 4 is 5.82 Å². The SMILES string of the molecule is N#Cc1c(C2CCNCC2)cc(-c2c(O)cccc2OCC2CCC2)nc1N. The van der Waals surface area contributed by atoms with Crippen molar-refractivity contribution < 1.29 is 9.84 Å². The minimum atomic E-state index is 0.110. The molecule has 0 spiro atoms. The van der Waals surface area contributed by atoms with Crippen LogP contribution in [0.25, 0.3) is 11.3 Å². The van der Waals surface area contributed by atoms with E-state index in [1.165, 1.54) is 19.3 Å². The van der Waals surface area contributed by atoms with Crippen molar-refractivity contribution in [1.82, 2.24) is 10.3 Å². The number of nitrogen functional groups attached to an aromatic ring is 1. The van der Waals surface area contributed by atoms with Crippen LogP contribution in [0.15, 0.2) is 24.3 Å². The Morgan fingerprint density at radius 3 is 2.71 bits per heavy atom. The van der Waals surface area contributed by atoms with E-state index >= 15 is 0 Å². The summed E-state index contributed by atoms with van der Waals surface area (Å²) in [6, 6.07) is 9.39. The van der Waals surface area contributed by atoms with Crippen molar-refractivity contribution in [3.05, 3.63) is 35.4 Å². The number of aromatic nitrogens is 1. The van der Waals surface area contributed by atoms with Gasteiger partial charge in [0.2, 0.25) is 0 Å². The number of piperidine rings is 1. The molecule has 4 rings (SSSR count). The Kier molecular flexibility index (Phi) is 5.36. The number of nitrogens with one attached hydrogen (secondary N) is 1. The van der Waals surface area contributed by atoms with Gasteiger partial charge in [-0.3, -0.25) is 0 Å². The molecule has 2 heterocycles. The van der Waals surface area contributed by atoms with Gasteiger partial charge in [-0.2, -0.15) is 5.26 Å². The Morgan fingerprint density at radius 1 is 1.25 bits per heavy atom. The van der Waals surface area contributed by atoms with Gasteiger partial charge in [-0.15, -0.1) is 0 Å². The van der Waals surface area contributed by atoms with E-state index in [4.69, 9.17) is 10.5 Å². The number of rotatable bonds is 5. The predicted molar refractivity (Wildman–Crippen MR) is 108 cm³/mol. The molecule has 1 aromatic carbocycles. The average molecular weight is 378 g/mol. The van der Waals surface area contributed by atoms with Gasteiger partial charge in [0.1, 0.15) is 23.4 Å². The van der Waals surface area contributed by atoms with Gasteiger partial charge in [-0.1, -0.05) is 12.5 Å². The first-order valence-corrected chi connectivity index (χ1v) is 10.0. The highest BCUT2D eigenvalue weighted by Gasteiger charge is 2.24. The molecule has 2 fully saturated rings. The Balaban J connectivity index is 1.74. The molecule has 6 nitrogen and oxygen atoms in total. The molecule has 0 unspecified atom stereocenters. The highest BCUT2D eigenvalue weighted by molar-refractivity contribution is 5.76. The monoisotopic (exact) mass is 378 g/mol. The molecule has 1 saturated carbocycles. The van der Waals surface area contributed by atoms with Gasteiger partial charge in [-0.05, 0) is 74.4 Å². The van der Waals surface area contributed by atoms with Crippen LogP contribution in [0.1, 0.15) is 49.1 Å². The van der Waals surface area contributed by atoms with E-state index in [2.05, 4.69) is 16.4 Å². The number of hydrogen-bond donors (Lipinski definition) is 3. The first kappa shape index (κ1) is 18.6. The lowest BCUT2D eigenvalue weighted by molar-refractivity contribution is 0.181. The molecule has 1 saturated heterocycles. The number of aromatic hydroxyl groups is 1. The van der Waals surface area contributed by atoms with E-state index in [-0.39, 0.29) is 17.5 Å². The smallest absolute Gasteiger partial charge is 0.142 e. The molecule has 6 heteroatoms. The Bertz CT molecular complexity index is 896. The number of phenols is 1. The van der Waals surface area contributed by atoms with E-state index in [1.54, 1.807) is 12.1 Å². The summed E-state index contributed by atoms with van der Waals surface area (Å²) in [5.74, 6) is 1.77. The second-order valence-corrected chi connectivity index (χ2v) is 7.75. The zero-order valence-electron chi connectivity index (χ0n) is 15.9. The third-order valence-electron chi connectivity index (χ3n) is 5.93. The molecule has 2 aromatic rings. The summed E-state index contributed by atoms with van der Waals surface area (Å²) in [7, 11) is 0. The van der Waals surface area contributed by atoms with Crippen molar-refractivity contribution in [3.8, 4) is 28.8 Å². The second-order valence-electron chi connectivity index (χ2n) is 7.75. The molecule has 0 amide bonds. The fourth-order valence-electron chi connectivity index (χ4n) is 4.05. The lowest BCUT2D eigenvalue weighted by atomic mass is 9.86. The van der Waals surface area contributed by atoms with E-state index < -0.39 is 0 Å². The van der Waals surface area contributed by atoms with Gasteiger partial charge in [0.15, 0.2) is 0 Å². The zero-order chi connectivity index (χ0) is 19.5. The van der Waals surface area contributed by atoms with Crippen LogP contribution in [0, 0.1) is 17.2 Å². The summed E-state index contributed by atoms with van der Waals surface area (Å²) in [5.41, 5.74) is 8.63. The summed E-state index contributed by atoms with van der Waals surface area (Å²) in [4.78, 5) is 4.45. The fraction of sp³-hybridized carbons (Fsp3) is 0.455. The quantitative estimate of drug-likeness (QED) is 0.735. The first-order chi connectivity index (χ1) is 13.7. The van der Waals surface area contributed by atoms with Crippen molar-refractivity contribution in [2.24, 2.45) is 5.92 Å². The molecule has 0 bridgehead atoms. The summed E-state index contributed by atoms with van der Waals surface area (Å²) < 4.78 is 6.04. The highest BCUT2D eigenvalue weighted by Crippen LogP contribution is 2.41. The molecule has 4 N–H and O–H groups in total. The van der Waals surface area contributed by atoms with Gasteiger partial charge in [0.25, 0.3) is 0 Å². The lowest BCUT2D eigenvalue weighted by Gasteiger charge is -2.26. The molecule has 0 radical (unpaired) electrons. The van der Waals surface area contributed by atoms with Gasteiger partial charge >= 0.3 is 0 Å². The van der Waals surface area contributed by atoms with Crippen LogP contribution in [0.2, 0.25) is 0 Å². The van der Waals surface area contributed by atoms with Gasteiger partial charge < -0.3 is 20.9 Å². The third-order valence-corrected chi connectivity index (χ3v) is 5.93. The predicted octanol–water partition coefficient (Wildman–Crippen LogP) is 3.55. The van der Waals surface area contributed by atoms with Crippen molar-refractivity contribution in [2.45, 2.75) is 38.0 Å². The lowest BCUT2D eigenvalue weighted by Crippen LogP contribution is -2.27. The number of nitriles is 1. The van der Waals surface area contributed by atoms with Crippen LogP contribution < -0.4 is 15.8 Å². The highest BCUT2D eigenvalue weighted by atomic mass is 16.5. The van der Waals surface area contributed by atoms with Crippen molar-refractivity contribution in [2.75, 3.05) is 25.4 Å². The van der Waals surface area contributed by atoms with E-state index in [9.17, 15) is 10.4 Å². The molecule has 146 valence electrons. The average Bonchev–Trinajstić information content (AvgIpc) is 2.67. The molecule has 1 aromatic heterocycles. The number of phenolic OH excluding ortho intramolecular Hbond substituents is 1. The van der Waals surface area contributed by atoms with E-state index in [0.29, 0.717) is 35.1 Å². The number of nitrogens with zero attached hydrogens (tertiary/aromatic N) is 2. The maximum absolute atomic E-state index is 10.6. The standard InChI is InChI=1S/C22H26N4O2/c23-12-17-16(15-7-9-25-10-8-15)11-18(26-22(17)24)21-19(27)5-2-6-20(21)28-13-14-3-1-4-14/h2,5-6,11,14-15,25,27H,1,3-4,7-10,13H2,(H2,24,26). The Morgan fingerprint density at radius 2 is 2.04 bits per heavy atom. The number of hydrogen-bond acceptors (Lipinski definition) is 6.